The van der Waals surface area contributed by atoms with Crippen LogP contribution >= 0.6 is 0 Å². The summed E-state index contributed by atoms with van der Waals surface area (Å²) in [7, 11) is 0. The first kappa shape index (κ1) is 32.1. The molecule has 0 saturated carbocycles. The lowest BCUT2D eigenvalue weighted by molar-refractivity contribution is 0.603. The van der Waals surface area contributed by atoms with Crippen LogP contribution in [-0.4, -0.2) is 6.72 Å². The quantitative estimate of drug-likeness (QED) is 0.0616. The van der Waals surface area contributed by atoms with Gasteiger partial charge >= 0.3 is 0 Å². The molecule has 0 radical (unpaired) electrons. The average molecular weight is 647 g/mol. The van der Waals surface area contributed by atoms with Crippen molar-refractivity contribution in [1.29, 1.82) is 0 Å². The van der Waals surface area contributed by atoms with Crippen molar-refractivity contribution >= 4 is 57.5 Å². The molecule has 0 atom stereocenters. The van der Waals surface area contributed by atoms with Crippen molar-refractivity contribution in [3.63, 3.8) is 0 Å². The summed E-state index contributed by atoms with van der Waals surface area (Å²) in [4.78, 5) is 0. The number of allylic oxidation sites excluding steroid dienone is 1. The molecular formula is C47H38N2O. The van der Waals surface area contributed by atoms with E-state index in [-0.39, 0.29) is 5.92 Å². The molecule has 0 aliphatic rings. The van der Waals surface area contributed by atoms with Gasteiger partial charge in [0.25, 0.3) is 0 Å². The summed E-state index contributed by atoms with van der Waals surface area (Å²) in [6, 6.07) is 56.7. The van der Waals surface area contributed by atoms with E-state index in [1.165, 1.54) is 43.8 Å². The summed E-state index contributed by atoms with van der Waals surface area (Å²) in [5.74, 6) is 5.35. The lowest BCUT2D eigenvalue weighted by Crippen LogP contribution is -2.03. The molecule has 7 aromatic carbocycles. The Morgan fingerprint density at radius 2 is 1.24 bits per heavy atom. The number of hydrogen-bond acceptors (Lipinski definition) is 3. The highest BCUT2D eigenvalue weighted by atomic mass is 16.3. The van der Waals surface area contributed by atoms with Crippen LogP contribution in [0.25, 0.3) is 61.9 Å². The summed E-state index contributed by atoms with van der Waals surface area (Å²) in [5, 5.41) is 8.93. The molecule has 2 N–H and O–H groups in total. The third-order valence-corrected chi connectivity index (χ3v) is 9.11. The molecule has 0 unspecified atom stereocenters. The van der Waals surface area contributed by atoms with Crippen molar-refractivity contribution < 1.29 is 4.42 Å². The number of nitrogens with two attached hydrogens (primary N) is 1. The monoisotopic (exact) mass is 646 g/mol. The Morgan fingerprint density at radius 3 is 1.98 bits per heavy atom. The van der Waals surface area contributed by atoms with E-state index in [1.54, 1.807) is 0 Å². The minimum Gasteiger partial charge on any atom is -0.456 e. The highest BCUT2D eigenvalue weighted by molar-refractivity contribution is 6.08. The zero-order valence-corrected chi connectivity index (χ0v) is 28.0. The second-order valence-electron chi connectivity index (χ2n) is 12.2. The number of hydrazone groups is 1. The second kappa shape index (κ2) is 14.8. The van der Waals surface area contributed by atoms with Crippen LogP contribution < -0.4 is 5.84 Å². The fraction of sp³-hybridized carbons (Fsp3) is 0.0426. The van der Waals surface area contributed by atoms with Crippen LogP contribution in [0.3, 0.4) is 0 Å². The zero-order chi connectivity index (χ0) is 34.3. The minimum atomic E-state index is 0.129. The van der Waals surface area contributed by atoms with E-state index < -0.39 is 0 Å². The van der Waals surface area contributed by atoms with Gasteiger partial charge in [0.1, 0.15) is 11.3 Å². The van der Waals surface area contributed by atoms with Crippen molar-refractivity contribution in [3.05, 3.63) is 197 Å². The van der Waals surface area contributed by atoms with Crippen LogP contribution in [0, 0.1) is 0 Å². The van der Waals surface area contributed by atoms with Crippen LogP contribution in [0.1, 0.15) is 46.4 Å². The Balaban J connectivity index is 0.00000126. The van der Waals surface area contributed by atoms with Crippen LogP contribution in [0.2, 0.25) is 0 Å². The number of benzene rings is 7. The lowest BCUT2D eigenvalue weighted by atomic mass is 9.84. The molecule has 1 aromatic heterocycles. The average Bonchev–Trinajstić information content (AvgIpc) is 3.52. The Labute approximate surface area is 293 Å². The molecule has 0 aliphatic carbocycles. The molecule has 242 valence electrons. The normalized spacial score (nSPS) is 11.5. The van der Waals surface area contributed by atoms with Crippen molar-refractivity contribution in [3.8, 4) is 11.1 Å². The molecule has 3 heteroatoms. The molecule has 8 aromatic rings. The molecule has 0 amide bonds. The van der Waals surface area contributed by atoms with Crippen molar-refractivity contribution in [1.82, 2.24) is 0 Å². The summed E-state index contributed by atoms with van der Waals surface area (Å²) in [5.41, 5.74) is 9.27. The Hall–Kier alpha value is -6.45. The van der Waals surface area contributed by atoms with Gasteiger partial charge in [-0.3, -0.25) is 0 Å². The SMILES string of the molecule is C/C=C\c1oc2cccc(-c3cccc(C(c4ccccc4)c4ccccc4)c3)c2c1/C=C/c1ccc2c(ccc3ccccc32)c1.C=NN. The second-order valence-corrected chi connectivity index (χ2v) is 12.2. The third kappa shape index (κ3) is 6.50. The topological polar surface area (TPSA) is 51.5 Å². The summed E-state index contributed by atoms with van der Waals surface area (Å²) in [6.45, 7) is 4.92. The highest BCUT2D eigenvalue weighted by Gasteiger charge is 2.19. The summed E-state index contributed by atoms with van der Waals surface area (Å²) in [6.07, 6.45) is 8.53. The number of hydrogen-bond donors (Lipinski definition) is 1. The first-order valence-electron chi connectivity index (χ1n) is 16.8. The fourth-order valence-corrected chi connectivity index (χ4v) is 6.94. The molecule has 0 fully saturated rings. The molecule has 0 bridgehead atoms. The molecule has 0 aliphatic heterocycles. The van der Waals surface area contributed by atoms with Gasteiger partial charge in [0, 0.05) is 23.6 Å². The lowest BCUT2D eigenvalue weighted by Gasteiger charge is -2.20. The van der Waals surface area contributed by atoms with Gasteiger partial charge in [-0.25, -0.2) is 0 Å². The third-order valence-electron chi connectivity index (χ3n) is 9.11. The Bertz CT molecular complexity index is 2430. The van der Waals surface area contributed by atoms with E-state index in [9.17, 15) is 0 Å². The Kier molecular flexibility index (Phi) is 9.48. The molecule has 8 rings (SSSR count). The molecule has 0 saturated heterocycles. The number of fused-ring (bicyclic) bond motifs is 4. The molecule has 0 spiro atoms. The largest absolute Gasteiger partial charge is 0.456 e. The molecule has 1 heterocycles. The van der Waals surface area contributed by atoms with Crippen molar-refractivity contribution in [2.75, 3.05) is 0 Å². The maximum atomic E-state index is 6.49. The number of rotatable bonds is 7. The zero-order valence-electron chi connectivity index (χ0n) is 28.0. The van der Waals surface area contributed by atoms with E-state index in [0.29, 0.717) is 0 Å². The van der Waals surface area contributed by atoms with Crippen LogP contribution in [0.15, 0.2) is 173 Å². The number of furan rings is 1. The molecule has 3 nitrogen and oxygen atoms in total. The summed E-state index contributed by atoms with van der Waals surface area (Å²) < 4.78 is 6.49. The van der Waals surface area contributed by atoms with E-state index in [0.717, 1.165) is 33.4 Å². The van der Waals surface area contributed by atoms with E-state index in [1.807, 2.05) is 13.0 Å². The van der Waals surface area contributed by atoms with Crippen LogP contribution in [0.4, 0.5) is 0 Å². The highest BCUT2D eigenvalue weighted by Crippen LogP contribution is 2.39. The van der Waals surface area contributed by atoms with Gasteiger partial charge in [-0.2, -0.15) is 5.10 Å². The smallest absolute Gasteiger partial charge is 0.136 e. The predicted octanol–water partition coefficient (Wildman–Crippen LogP) is 12.4. The van der Waals surface area contributed by atoms with E-state index >= 15 is 0 Å². The van der Waals surface area contributed by atoms with Gasteiger partial charge in [0.15, 0.2) is 0 Å². The first-order valence-corrected chi connectivity index (χ1v) is 16.8. The van der Waals surface area contributed by atoms with Gasteiger partial charge in [0.2, 0.25) is 0 Å². The first-order chi connectivity index (χ1) is 24.7. The predicted molar refractivity (Wildman–Crippen MR) is 214 cm³/mol. The van der Waals surface area contributed by atoms with Crippen LogP contribution in [0.5, 0.6) is 0 Å². The van der Waals surface area contributed by atoms with Crippen molar-refractivity contribution in [2.45, 2.75) is 12.8 Å². The standard InChI is InChI=1S/C46H34O.CH4N2/c1-2-13-43-42(29-25-32-24-28-40-37(30-32)27-26-33-14-9-10-21-39(33)40)46-41(22-12-23-44(46)47-43)36-19-11-20-38(31-36)45(34-15-5-3-6-16-34)35-17-7-4-8-18-35;1-3-2/h2-31,45H,1H3;1-2H2/b13-2-,29-25+;. The number of nitrogens with zero attached hydrogens (tertiary/aromatic N) is 1. The van der Waals surface area contributed by atoms with Crippen LogP contribution in [-0.2, 0) is 0 Å². The van der Waals surface area contributed by atoms with Gasteiger partial charge in [-0.15, -0.1) is 0 Å². The molecule has 50 heavy (non-hydrogen) atoms. The fourth-order valence-electron chi connectivity index (χ4n) is 6.94. The van der Waals surface area contributed by atoms with Crippen molar-refractivity contribution in [2.24, 2.45) is 10.9 Å². The van der Waals surface area contributed by atoms with Gasteiger partial charge in [-0.05, 0) is 86.1 Å². The minimum absolute atomic E-state index is 0.129. The maximum Gasteiger partial charge on any atom is 0.136 e. The van der Waals surface area contributed by atoms with Gasteiger partial charge < -0.3 is 10.3 Å². The van der Waals surface area contributed by atoms with Gasteiger partial charge in [-0.1, -0.05) is 158 Å². The maximum absolute atomic E-state index is 6.49. The van der Waals surface area contributed by atoms with E-state index in [4.69, 9.17) is 4.42 Å². The van der Waals surface area contributed by atoms with Gasteiger partial charge in [0.05, 0.1) is 0 Å². The molecular weight excluding hydrogens is 609 g/mol. The summed E-state index contributed by atoms with van der Waals surface area (Å²) >= 11 is 0. The van der Waals surface area contributed by atoms with E-state index in [2.05, 4.69) is 194 Å². The Morgan fingerprint density at radius 1 is 0.600 bits per heavy atom.